The largest absolute Gasteiger partial charge is 0.491 e. The van der Waals surface area contributed by atoms with E-state index in [0.29, 0.717) is 22.7 Å². The van der Waals surface area contributed by atoms with Gasteiger partial charge in [-0.25, -0.2) is 0 Å². The second-order valence-corrected chi connectivity index (χ2v) is 5.97. The SMILES string of the molecule is CC(=O)N(CC(=O)Nc1ccccc1C#N)c1ccc(OC(C)C)cc1. The van der Waals surface area contributed by atoms with E-state index in [9.17, 15) is 9.59 Å². The molecule has 0 fully saturated rings. The Morgan fingerprint density at radius 1 is 1.15 bits per heavy atom. The van der Waals surface area contributed by atoms with Gasteiger partial charge in [0.1, 0.15) is 18.4 Å². The summed E-state index contributed by atoms with van der Waals surface area (Å²) in [4.78, 5) is 25.7. The predicted molar refractivity (Wildman–Crippen MR) is 100 cm³/mol. The van der Waals surface area contributed by atoms with Gasteiger partial charge in [-0.1, -0.05) is 12.1 Å². The summed E-state index contributed by atoms with van der Waals surface area (Å²) in [5, 5.41) is 11.8. The lowest BCUT2D eigenvalue weighted by molar-refractivity contribution is -0.120. The van der Waals surface area contributed by atoms with Gasteiger partial charge in [-0.15, -0.1) is 0 Å². The van der Waals surface area contributed by atoms with Gasteiger partial charge in [0.25, 0.3) is 0 Å². The van der Waals surface area contributed by atoms with Crippen LogP contribution in [-0.2, 0) is 9.59 Å². The molecule has 2 aromatic rings. The van der Waals surface area contributed by atoms with E-state index < -0.39 is 0 Å². The van der Waals surface area contributed by atoms with Crippen molar-refractivity contribution < 1.29 is 14.3 Å². The highest BCUT2D eigenvalue weighted by Crippen LogP contribution is 2.21. The third kappa shape index (κ3) is 5.08. The van der Waals surface area contributed by atoms with Gasteiger partial charge >= 0.3 is 0 Å². The van der Waals surface area contributed by atoms with E-state index in [1.807, 2.05) is 19.9 Å². The number of hydrogen-bond donors (Lipinski definition) is 1. The molecule has 0 aromatic heterocycles. The Morgan fingerprint density at radius 3 is 2.38 bits per heavy atom. The van der Waals surface area contributed by atoms with Crippen LogP contribution in [0.15, 0.2) is 48.5 Å². The molecule has 0 bridgehead atoms. The standard InChI is InChI=1S/C20H21N3O3/c1-14(2)26-18-10-8-17(9-11-18)23(15(3)24)13-20(25)22-19-7-5-4-6-16(19)12-21/h4-11,14H,13H2,1-3H3,(H,22,25). The molecule has 0 saturated carbocycles. The van der Waals surface area contributed by atoms with Crippen LogP contribution in [0.25, 0.3) is 0 Å². The van der Waals surface area contributed by atoms with Crippen molar-refractivity contribution in [1.82, 2.24) is 0 Å². The zero-order chi connectivity index (χ0) is 19.1. The topological polar surface area (TPSA) is 82.4 Å². The van der Waals surface area contributed by atoms with E-state index in [4.69, 9.17) is 10.00 Å². The summed E-state index contributed by atoms with van der Waals surface area (Å²) in [6.07, 6.45) is 0.0516. The first-order chi connectivity index (χ1) is 12.4. The van der Waals surface area contributed by atoms with Crippen LogP contribution in [0, 0.1) is 11.3 Å². The molecule has 0 radical (unpaired) electrons. The molecule has 1 N–H and O–H groups in total. The molecule has 0 aliphatic heterocycles. The molecule has 6 heteroatoms. The maximum atomic E-state index is 12.3. The minimum atomic E-state index is -0.384. The zero-order valence-electron chi connectivity index (χ0n) is 15.0. The number of nitrogens with one attached hydrogen (secondary N) is 1. The first-order valence-electron chi connectivity index (χ1n) is 8.24. The predicted octanol–water partition coefficient (Wildman–Crippen LogP) is 3.34. The normalized spacial score (nSPS) is 10.1. The first kappa shape index (κ1) is 19.0. The van der Waals surface area contributed by atoms with Crippen molar-refractivity contribution in [3.63, 3.8) is 0 Å². The Balaban J connectivity index is 2.11. The van der Waals surface area contributed by atoms with E-state index in [0.717, 1.165) is 0 Å². The van der Waals surface area contributed by atoms with Gasteiger partial charge in [-0.3, -0.25) is 9.59 Å². The second-order valence-electron chi connectivity index (χ2n) is 5.97. The fraction of sp³-hybridized carbons (Fsp3) is 0.250. The Hall–Kier alpha value is -3.33. The van der Waals surface area contributed by atoms with Crippen LogP contribution in [0.3, 0.4) is 0 Å². The van der Waals surface area contributed by atoms with Gasteiger partial charge in [0.2, 0.25) is 11.8 Å². The molecule has 0 saturated heterocycles. The van der Waals surface area contributed by atoms with E-state index >= 15 is 0 Å². The van der Waals surface area contributed by atoms with Crippen molar-refractivity contribution in [3.8, 4) is 11.8 Å². The van der Waals surface area contributed by atoms with Gasteiger partial charge in [0.05, 0.1) is 17.4 Å². The molecule has 0 aliphatic carbocycles. The smallest absolute Gasteiger partial charge is 0.244 e. The number of ether oxygens (including phenoxy) is 1. The molecular weight excluding hydrogens is 330 g/mol. The van der Waals surface area contributed by atoms with Crippen molar-refractivity contribution in [2.45, 2.75) is 26.9 Å². The average Bonchev–Trinajstić information content (AvgIpc) is 2.60. The van der Waals surface area contributed by atoms with Gasteiger partial charge in [0.15, 0.2) is 0 Å². The molecule has 6 nitrogen and oxygen atoms in total. The van der Waals surface area contributed by atoms with E-state index in [2.05, 4.69) is 5.32 Å². The van der Waals surface area contributed by atoms with Crippen LogP contribution in [0.1, 0.15) is 26.3 Å². The molecule has 2 rings (SSSR count). The summed E-state index contributed by atoms with van der Waals surface area (Å²) in [5.41, 5.74) is 1.38. The fourth-order valence-corrected chi connectivity index (χ4v) is 2.38. The Kier molecular flexibility index (Phi) is 6.34. The van der Waals surface area contributed by atoms with Crippen LogP contribution in [-0.4, -0.2) is 24.5 Å². The van der Waals surface area contributed by atoms with Crippen LogP contribution in [0.2, 0.25) is 0 Å². The van der Waals surface area contributed by atoms with Crippen molar-refractivity contribution in [2.24, 2.45) is 0 Å². The molecule has 134 valence electrons. The molecule has 26 heavy (non-hydrogen) atoms. The second kappa shape index (κ2) is 8.67. The zero-order valence-corrected chi connectivity index (χ0v) is 15.0. The average molecular weight is 351 g/mol. The van der Waals surface area contributed by atoms with Crippen molar-refractivity contribution in [3.05, 3.63) is 54.1 Å². The lowest BCUT2D eigenvalue weighted by atomic mass is 10.2. The molecule has 2 aromatic carbocycles. The molecule has 2 amide bonds. The minimum absolute atomic E-state index is 0.0516. The Labute approximate surface area is 153 Å². The number of amides is 2. The maximum Gasteiger partial charge on any atom is 0.244 e. The van der Waals surface area contributed by atoms with E-state index in [1.54, 1.807) is 48.5 Å². The quantitative estimate of drug-likeness (QED) is 0.865. The summed E-state index contributed by atoms with van der Waals surface area (Å²) >= 11 is 0. The monoisotopic (exact) mass is 351 g/mol. The van der Waals surface area contributed by atoms with Gasteiger partial charge in [-0.2, -0.15) is 5.26 Å². The molecular formula is C20H21N3O3. The van der Waals surface area contributed by atoms with Crippen LogP contribution in [0.4, 0.5) is 11.4 Å². The number of nitrogens with zero attached hydrogens (tertiary/aromatic N) is 2. The van der Waals surface area contributed by atoms with Crippen molar-refractivity contribution in [2.75, 3.05) is 16.8 Å². The molecule has 0 aliphatic rings. The number of benzene rings is 2. The summed E-state index contributed by atoms with van der Waals surface area (Å²) in [7, 11) is 0. The van der Waals surface area contributed by atoms with E-state index in [-0.39, 0.29) is 24.5 Å². The fourth-order valence-electron chi connectivity index (χ4n) is 2.38. The summed E-state index contributed by atoms with van der Waals surface area (Å²) in [6.45, 7) is 5.10. The summed E-state index contributed by atoms with van der Waals surface area (Å²) < 4.78 is 5.58. The van der Waals surface area contributed by atoms with Gasteiger partial charge < -0.3 is 15.0 Å². The highest BCUT2D eigenvalue weighted by molar-refractivity contribution is 6.02. The van der Waals surface area contributed by atoms with Crippen molar-refractivity contribution in [1.29, 1.82) is 5.26 Å². The van der Waals surface area contributed by atoms with E-state index in [1.165, 1.54) is 11.8 Å². The number of carbonyl (C=O) groups excluding carboxylic acids is 2. The number of para-hydroxylation sites is 1. The number of hydrogen-bond acceptors (Lipinski definition) is 4. The molecule has 0 unspecified atom stereocenters. The van der Waals surface area contributed by atoms with Gasteiger partial charge in [0, 0.05) is 12.6 Å². The highest BCUT2D eigenvalue weighted by Gasteiger charge is 2.17. The third-order valence-corrected chi connectivity index (χ3v) is 3.52. The highest BCUT2D eigenvalue weighted by atomic mass is 16.5. The lowest BCUT2D eigenvalue weighted by Gasteiger charge is -2.21. The van der Waals surface area contributed by atoms with Crippen LogP contribution >= 0.6 is 0 Å². The maximum absolute atomic E-state index is 12.3. The number of carbonyl (C=O) groups is 2. The van der Waals surface area contributed by atoms with Crippen molar-refractivity contribution >= 4 is 23.2 Å². The summed E-state index contributed by atoms with van der Waals surface area (Å²) in [5.74, 6) is 0.0521. The van der Waals surface area contributed by atoms with Crippen LogP contribution < -0.4 is 15.0 Å². The minimum Gasteiger partial charge on any atom is -0.491 e. The number of anilines is 2. The molecule has 0 spiro atoms. The Morgan fingerprint density at radius 2 is 1.81 bits per heavy atom. The third-order valence-electron chi connectivity index (χ3n) is 3.52. The number of rotatable bonds is 6. The van der Waals surface area contributed by atoms with Crippen LogP contribution in [0.5, 0.6) is 5.75 Å². The first-order valence-corrected chi connectivity index (χ1v) is 8.24. The number of nitriles is 1. The Bertz CT molecular complexity index is 823. The van der Waals surface area contributed by atoms with Gasteiger partial charge in [-0.05, 0) is 50.2 Å². The lowest BCUT2D eigenvalue weighted by Crippen LogP contribution is -2.36. The summed E-state index contributed by atoms with van der Waals surface area (Å²) in [6, 6.07) is 15.7. The molecule has 0 heterocycles. The molecule has 0 atom stereocenters.